The minimum Gasteiger partial charge on any atom is -0.344 e. The van der Waals surface area contributed by atoms with Crippen molar-refractivity contribution in [2.24, 2.45) is 0 Å². The van der Waals surface area contributed by atoms with Crippen molar-refractivity contribution in [1.82, 2.24) is 10.5 Å². The Kier molecular flexibility index (Phi) is 5.15. The van der Waals surface area contributed by atoms with Crippen molar-refractivity contribution in [3.63, 3.8) is 0 Å². The molecule has 132 valence electrons. The Labute approximate surface area is 148 Å². The lowest BCUT2D eigenvalue weighted by Gasteiger charge is -2.15. The lowest BCUT2D eigenvalue weighted by atomic mass is 9.95. The average Bonchev–Trinajstić information content (AvgIpc) is 2.74. The lowest BCUT2D eigenvalue weighted by molar-refractivity contribution is 0.0864. The summed E-state index contributed by atoms with van der Waals surface area (Å²) in [5.74, 6) is -0.445. The Morgan fingerprint density at radius 1 is 1.12 bits per heavy atom. The van der Waals surface area contributed by atoms with Crippen LogP contribution in [0.4, 0.5) is 0 Å². The van der Waals surface area contributed by atoms with Gasteiger partial charge in [-0.25, -0.2) is 12.7 Å². The van der Waals surface area contributed by atoms with E-state index in [-0.39, 0.29) is 17.6 Å². The Hall–Kier alpha value is -2.44. The van der Waals surface area contributed by atoms with Gasteiger partial charge in [0.1, 0.15) is 4.90 Å². The van der Waals surface area contributed by atoms with Crippen LogP contribution in [0.5, 0.6) is 0 Å². The molecule has 3 N–H and O–H groups in total. The van der Waals surface area contributed by atoms with E-state index < -0.39 is 15.9 Å². The summed E-state index contributed by atoms with van der Waals surface area (Å²) in [6.07, 6.45) is 2.31. The Balaban J connectivity index is 0.00000225. The Bertz CT molecular complexity index is 935. The number of amides is 1. The van der Waals surface area contributed by atoms with Crippen LogP contribution in [0.25, 0.3) is 0 Å². The van der Waals surface area contributed by atoms with Crippen molar-refractivity contribution in [3.05, 3.63) is 76.9 Å². The molecule has 0 saturated carbocycles. The van der Waals surface area contributed by atoms with Gasteiger partial charge >= 0.3 is 0 Å². The predicted molar refractivity (Wildman–Crippen MR) is 98.3 cm³/mol. The summed E-state index contributed by atoms with van der Waals surface area (Å²) in [6.45, 7) is 7.48. The van der Waals surface area contributed by atoms with Gasteiger partial charge in [0.25, 0.3) is 15.9 Å². The minimum absolute atomic E-state index is 0. The largest absolute Gasteiger partial charge is 0.344 e. The second-order valence-electron chi connectivity index (χ2n) is 5.95. The first-order chi connectivity index (χ1) is 11.4. The molecule has 0 spiro atoms. The van der Waals surface area contributed by atoms with Crippen LogP contribution in [0.2, 0.25) is 0 Å². The summed E-state index contributed by atoms with van der Waals surface area (Å²) in [5, 5.41) is 0. The van der Waals surface area contributed by atoms with Crippen LogP contribution in [-0.4, -0.2) is 18.6 Å². The number of hydrogen-bond acceptors (Lipinski definition) is 4. The highest BCUT2D eigenvalue weighted by Gasteiger charge is 2.42. The molecule has 0 unspecified atom stereocenters. The SMILES string of the molecule is C=CCc1cc2c(c(C)c1C)C(=O)N(Cc1ccccc1)S2(=O)=O.N. The maximum Gasteiger partial charge on any atom is 0.269 e. The number of allylic oxidation sites excluding steroid dienone is 1. The molecule has 0 radical (unpaired) electrons. The van der Waals surface area contributed by atoms with Gasteiger partial charge in [0, 0.05) is 0 Å². The third kappa shape index (κ3) is 2.99. The molecule has 0 aromatic heterocycles. The number of nitrogens with zero attached hydrogens (tertiary/aromatic N) is 1. The second kappa shape index (κ2) is 6.82. The molecule has 0 saturated heterocycles. The van der Waals surface area contributed by atoms with Gasteiger partial charge in [0.15, 0.2) is 0 Å². The lowest BCUT2D eigenvalue weighted by Crippen LogP contribution is -2.29. The molecule has 0 atom stereocenters. The van der Waals surface area contributed by atoms with Crippen LogP contribution >= 0.6 is 0 Å². The number of fused-ring (bicyclic) bond motifs is 1. The number of carbonyl (C=O) groups is 1. The monoisotopic (exact) mass is 358 g/mol. The van der Waals surface area contributed by atoms with E-state index in [0.29, 0.717) is 12.0 Å². The van der Waals surface area contributed by atoms with Crippen LogP contribution in [0.3, 0.4) is 0 Å². The minimum atomic E-state index is -3.82. The zero-order valence-electron chi connectivity index (χ0n) is 14.5. The molecular weight excluding hydrogens is 336 g/mol. The number of hydrogen-bond donors (Lipinski definition) is 1. The van der Waals surface area contributed by atoms with Crippen molar-refractivity contribution in [2.75, 3.05) is 0 Å². The van der Waals surface area contributed by atoms with Crippen LogP contribution in [0, 0.1) is 13.8 Å². The van der Waals surface area contributed by atoms with Gasteiger partial charge < -0.3 is 6.15 Å². The molecule has 3 rings (SSSR count). The fraction of sp³-hybridized carbons (Fsp3) is 0.211. The number of carbonyl (C=O) groups excluding carboxylic acids is 1. The summed E-state index contributed by atoms with van der Waals surface area (Å²) < 4.78 is 26.8. The molecule has 1 heterocycles. The van der Waals surface area contributed by atoms with E-state index in [2.05, 4.69) is 6.58 Å². The summed E-state index contributed by atoms with van der Waals surface area (Å²) in [6, 6.07) is 10.8. The van der Waals surface area contributed by atoms with E-state index in [4.69, 9.17) is 0 Å². The highest BCUT2D eigenvalue weighted by atomic mass is 32.2. The Morgan fingerprint density at radius 2 is 1.76 bits per heavy atom. The van der Waals surface area contributed by atoms with Crippen LogP contribution < -0.4 is 6.15 Å². The van der Waals surface area contributed by atoms with E-state index in [9.17, 15) is 13.2 Å². The van der Waals surface area contributed by atoms with Gasteiger partial charge in [-0.3, -0.25) is 4.79 Å². The average molecular weight is 358 g/mol. The first-order valence-corrected chi connectivity index (χ1v) is 9.17. The summed E-state index contributed by atoms with van der Waals surface area (Å²) in [4.78, 5) is 12.9. The first kappa shape index (κ1) is 18.9. The zero-order valence-corrected chi connectivity index (χ0v) is 15.3. The second-order valence-corrected chi connectivity index (χ2v) is 7.78. The summed E-state index contributed by atoms with van der Waals surface area (Å²) in [5.41, 5.74) is 3.64. The fourth-order valence-electron chi connectivity index (χ4n) is 3.05. The van der Waals surface area contributed by atoms with Crippen molar-refractivity contribution >= 4 is 15.9 Å². The molecule has 5 nitrogen and oxygen atoms in total. The molecular formula is C19H22N2O3S. The van der Waals surface area contributed by atoms with E-state index in [1.165, 1.54) is 0 Å². The summed E-state index contributed by atoms with van der Waals surface area (Å²) in [7, 11) is -3.82. The topological polar surface area (TPSA) is 89.5 Å². The van der Waals surface area contributed by atoms with Gasteiger partial charge in [0.2, 0.25) is 0 Å². The first-order valence-electron chi connectivity index (χ1n) is 7.73. The van der Waals surface area contributed by atoms with Crippen molar-refractivity contribution in [1.29, 1.82) is 0 Å². The molecule has 0 aliphatic carbocycles. The zero-order chi connectivity index (χ0) is 17.5. The third-order valence-corrected chi connectivity index (χ3v) is 6.27. The van der Waals surface area contributed by atoms with Crippen molar-refractivity contribution < 1.29 is 13.2 Å². The highest BCUT2D eigenvalue weighted by molar-refractivity contribution is 7.90. The van der Waals surface area contributed by atoms with Crippen molar-refractivity contribution in [2.45, 2.75) is 31.7 Å². The number of sulfonamides is 1. The maximum atomic E-state index is 12.9. The van der Waals surface area contributed by atoms with Gasteiger partial charge in [-0.1, -0.05) is 36.4 Å². The predicted octanol–water partition coefficient (Wildman–Crippen LogP) is 3.54. The molecule has 2 aromatic carbocycles. The molecule has 1 aliphatic rings. The molecule has 6 heteroatoms. The molecule has 1 aliphatic heterocycles. The van der Waals surface area contributed by atoms with Crippen LogP contribution in [-0.2, 0) is 23.0 Å². The molecule has 1 amide bonds. The number of benzene rings is 2. The van der Waals surface area contributed by atoms with E-state index in [1.807, 2.05) is 37.3 Å². The fourth-order valence-corrected chi connectivity index (χ4v) is 4.70. The Morgan fingerprint density at radius 3 is 2.36 bits per heavy atom. The smallest absolute Gasteiger partial charge is 0.269 e. The van der Waals surface area contributed by atoms with Gasteiger partial charge in [-0.2, -0.15) is 0 Å². The molecule has 0 bridgehead atoms. The maximum absolute atomic E-state index is 12.9. The standard InChI is InChI=1S/C19H19NO3S.H3N/c1-4-8-16-11-17-18(14(3)13(16)2)19(21)20(24(17,22)23)12-15-9-6-5-7-10-15;/h4-7,9-11H,1,8,12H2,2-3H3;1H3. The number of rotatable bonds is 4. The van der Waals surface area contributed by atoms with Gasteiger partial charge in [0.05, 0.1) is 12.1 Å². The van der Waals surface area contributed by atoms with Crippen molar-refractivity contribution in [3.8, 4) is 0 Å². The van der Waals surface area contributed by atoms with E-state index >= 15 is 0 Å². The van der Waals surface area contributed by atoms with Crippen LogP contribution in [0.15, 0.2) is 53.9 Å². The van der Waals surface area contributed by atoms with E-state index in [1.54, 1.807) is 19.1 Å². The molecule has 25 heavy (non-hydrogen) atoms. The van der Waals surface area contributed by atoms with E-state index in [0.717, 1.165) is 26.6 Å². The molecule has 0 fully saturated rings. The quantitative estimate of drug-likeness (QED) is 0.847. The van der Waals surface area contributed by atoms with Crippen LogP contribution in [0.1, 0.15) is 32.6 Å². The van der Waals surface area contributed by atoms with Gasteiger partial charge in [-0.15, -0.1) is 6.58 Å². The van der Waals surface area contributed by atoms with Gasteiger partial charge in [-0.05, 0) is 48.6 Å². The normalized spacial score (nSPS) is 14.8. The molecule has 2 aromatic rings. The third-order valence-electron chi connectivity index (χ3n) is 4.51. The highest BCUT2D eigenvalue weighted by Crippen LogP contribution is 2.36. The summed E-state index contributed by atoms with van der Waals surface area (Å²) >= 11 is 0.